The van der Waals surface area contributed by atoms with Gasteiger partial charge >= 0.3 is 0 Å². The van der Waals surface area contributed by atoms with Crippen molar-refractivity contribution in [1.29, 1.82) is 0 Å². The van der Waals surface area contributed by atoms with Crippen LogP contribution in [0.3, 0.4) is 0 Å². The highest BCUT2D eigenvalue weighted by Crippen LogP contribution is 2.09. The highest BCUT2D eigenvalue weighted by Gasteiger charge is 2.10. The average molecular weight is 292 g/mol. The maximum atomic E-state index is 4.53. The van der Waals surface area contributed by atoms with Crippen LogP contribution in [0.1, 0.15) is 27.7 Å². The summed E-state index contributed by atoms with van der Waals surface area (Å²) in [6.45, 7) is 17.6. The zero-order valence-corrected chi connectivity index (χ0v) is 14.3. The zero-order valence-electron chi connectivity index (χ0n) is 14.3. The molecule has 0 spiro atoms. The van der Waals surface area contributed by atoms with Crippen LogP contribution in [0.4, 0.5) is 5.82 Å². The minimum atomic E-state index is 1.04. The van der Waals surface area contributed by atoms with Crippen LogP contribution in [0.2, 0.25) is 0 Å². The molecule has 0 fully saturated rings. The van der Waals surface area contributed by atoms with E-state index in [4.69, 9.17) is 0 Å². The lowest BCUT2D eigenvalue weighted by Gasteiger charge is -2.29. The molecule has 0 bridgehead atoms. The third-order valence-corrected chi connectivity index (χ3v) is 4.13. The van der Waals surface area contributed by atoms with Crippen LogP contribution >= 0.6 is 0 Å². The molecule has 1 rings (SSSR count). The molecule has 1 aromatic heterocycles. The Morgan fingerprint density at radius 3 is 1.67 bits per heavy atom. The first kappa shape index (κ1) is 17.9. The molecule has 4 nitrogen and oxygen atoms in total. The van der Waals surface area contributed by atoms with Gasteiger partial charge in [0.1, 0.15) is 5.82 Å². The van der Waals surface area contributed by atoms with Crippen LogP contribution in [-0.4, -0.2) is 67.1 Å². The number of hydrogen-bond donors (Lipinski definition) is 0. The van der Waals surface area contributed by atoms with Gasteiger partial charge in [0.05, 0.1) is 0 Å². The van der Waals surface area contributed by atoms with Gasteiger partial charge in [-0.05, 0) is 38.3 Å². The number of anilines is 1. The number of rotatable bonds is 11. The van der Waals surface area contributed by atoms with Crippen molar-refractivity contribution in [3.8, 4) is 0 Å². The number of hydrogen-bond acceptors (Lipinski definition) is 4. The van der Waals surface area contributed by atoms with E-state index in [0.717, 1.165) is 58.2 Å². The van der Waals surface area contributed by atoms with E-state index in [-0.39, 0.29) is 0 Å². The van der Waals surface area contributed by atoms with Crippen molar-refractivity contribution in [1.82, 2.24) is 14.8 Å². The Hall–Kier alpha value is -1.13. The average Bonchev–Trinajstić information content (AvgIpc) is 2.55. The minimum Gasteiger partial charge on any atom is -0.354 e. The summed E-state index contributed by atoms with van der Waals surface area (Å²) in [4.78, 5) is 11.9. The second-order valence-corrected chi connectivity index (χ2v) is 5.23. The number of pyridine rings is 1. The fraction of sp³-hybridized carbons (Fsp3) is 0.706. The van der Waals surface area contributed by atoms with E-state index in [0.29, 0.717) is 0 Å². The summed E-state index contributed by atoms with van der Waals surface area (Å²) in [5, 5.41) is 0. The van der Waals surface area contributed by atoms with E-state index >= 15 is 0 Å². The summed E-state index contributed by atoms with van der Waals surface area (Å²) >= 11 is 0. The SMILES string of the molecule is CCN(CC)CCN(CCN(CC)CC)c1ccccn1. The molecule has 0 saturated carbocycles. The molecular formula is C17H32N4. The van der Waals surface area contributed by atoms with E-state index in [2.05, 4.69) is 59.5 Å². The van der Waals surface area contributed by atoms with E-state index in [1.807, 2.05) is 12.3 Å². The van der Waals surface area contributed by atoms with Gasteiger partial charge in [-0.15, -0.1) is 0 Å². The normalized spacial score (nSPS) is 11.3. The Morgan fingerprint density at radius 2 is 1.29 bits per heavy atom. The first-order valence-corrected chi connectivity index (χ1v) is 8.35. The molecule has 4 heteroatoms. The van der Waals surface area contributed by atoms with Crippen LogP contribution in [0.5, 0.6) is 0 Å². The van der Waals surface area contributed by atoms with Crippen molar-refractivity contribution in [3.05, 3.63) is 24.4 Å². The van der Waals surface area contributed by atoms with Crippen molar-refractivity contribution >= 4 is 5.82 Å². The standard InChI is InChI=1S/C17H32N4/c1-5-19(6-2)13-15-21(16-14-20(7-3)8-4)17-11-9-10-12-18-17/h9-12H,5-8,13-16H2,1-4H3. The predicted octanol–water partition coefficient (Wildman–Crippen LogP) is 2.57. The summed E-state index contributed by atoms with van der Waals surface area (Å²) in [6, 6.07) is 6.17. The van der Waals surface area contributed by atoms with Gasteiger partial charge in [0.2, 0.25) is 0 Å². The van der Waals surface area contributed by atoms with Crippen molar-refractivity contribution in [2.45, 2.75) is 27.7 Å². The molecule has 0 radical (unpaired) electrons. The van der Waals surface area contributed by atoms with Crippen LogP contribution in [-0.2, 0) is 0 Å². The molecule has 1 aromatic rings. The fourth-order valence-corrected chi connectivity index (χ4v) is 2.49. The van der Waals surface area contributed by atoms with Gasteiger partial charge in [-0.3, -0.25) is 0 Å². The number of likely N-dealkylation sites (N-methyl/N-ethyl adjacent to an activating group) is 2. The molecule has 0 aliphatic heterocycles. The van der Waals surface area contributed by atoms with Gasteiger partial charge < -0.3 is 14.7 Å². The number of nitrogens with zero attached hydrogens (tertiary/aromatic N) is 4. The quantitative estimate of drug-likeness (QED) is 0.625. The Morgan fingerprint density at radius 1 is 0.762 bits per heavy atom. The minimum absolute atomic E-state index is 1.04. The molecule has 0 aliphatic carbocycles. The molecule has 0 N–H and O–H groups in total. The zero-order chi connectivity index (χ0) is 15.5. The third kappa shape index (κ3) is 6.44. The molecule has 0 unspecified atom stereocenters. The fourth-order valence-electron chi connectivity index (χ4n) is 2.49. The van der Waals surface area contributed by atoms with Gasteiger partial charge in [0.25, 0.3) is 0 Å². The molecule has 0 atom stereocenters. The monoisotopic (exact) mass is 292 g/mol. The Balaban J connectivity index is 2.62. The third-order valence-electron chi connectivity index (χ3n) is 4.13. The van der Waals surface area contributed by atoms with Gasteiger partial charge in [0, 0.05) is 32.4 Å². The van der Waals surface area contributed by atoms with Crippen molar-refractivity contribution in [2.75, 3.05) is 57.3 Å². The smallest absolute Gasteiger partial charge is 0.128 e. The summed E-state index contributed by atoms with van der Waals surface area (Å²) in [6.07, 6.45) is 1.89. The second-order valence-electron chi connectivity index (χ2n) is 5.23. The highest BCUT2D eigenvalue weighted by molar-refractivity contribution is 5.37. The molecule has 0 aromatic carbocycles. The summed E-state index contributed by atoms with van der Waals surface area (Å²) in [5.41, 5.74) is 0. The van der Waals surface area contributed by atoms with Gasteiger partial charge in [0.15, 0.2) is 0 Å². The van der Waals surface area contributed by atoms with Crippen LogP contribution < -0.4 is 4.90 Å². The first-order valence-electron chi connectivity index (χ1n) is 8.35. The predicted molar refractivity (Wildman–Crippen MR) is 92.0 cm³/mol. The van der Waals surface area contributed by atoms with Crippen LogP contribution in [0, 0.1) is 0 Å². The van der Waals surface area contributed by atoms with E-state index in [1.54, 1.807) is 0 Å². The summed E-state index contributed by atoms with van der Waals surface area (Å²) in [7, 11) is 0. The van der Waals surface area contributed by atoms with Crippen molar-refractivity contribution in [2.24, 2.45) is 0 Å². The van der Waals surface area contributed by atoms with E-state index in [1.165, 1.54) is 0 Å². The maximum Gasteiger partial charge on any atom is 0.128 e. The lowest BCUT2D eigenvalue weighted by atomic mass is 10.3. The lowest BCUT2D eigenvalue weighted by molar-refractivity contribution is 0.294. The van der Waals surface area contributed by atoms with Gasteiger partial charge in [-0.1, -0.05) is 33.8 Å². The van der Waals surface area contributed by atoms with E-state index < -0.39 is 0 Å². The second kappa shape index (κ2) is 10.6. The molecule has 0 aliphatic rings. The first-order chi connectivity index (χ1) is 10.2. The van der Waals surface area contributed by atoms with Crippen LogP contribution in [0.25, 0.3) is 0 Å². The topological polar surface area (TPSA) is 22.6 Å². The molecular weight excluding hydrogens is 260 g/mol. The Labute approximate surface area is 130 Å². The highest BCUT2D eigenvalue weighted by atomic mass is 15.2. The molecule has 0 saturated heterocycles. The summed E-state index contributed by atoms with van der Waals surface area (Å²) < 4.78 is 0. The van der Waals surface area contributed by atoms with Gasteiger partial charge in [-0.2, -0.15) is 0 Å². The Bertz CT molecular complexity index is 331. The summed E-state index contributed by atoms with van der Waals surface area (Å²) in [5.74, 6) is 1.09. The molecule has 21 heavy (non-hydrogen) atoms. The largest absolute Gasteiger partial charge is 0.354 e. The van der Waals surface area contributed by atoms with Crippen LogP contribution in [0.15, 0.2) is 24.4 Å². The lowest BCUT2D eigenvalue weighted by Crippen LogP contribution is -2.40. The van der Waals surface area contributed by atoms with Crippen molar-refractivity contribution < 1.29 is 0 Å². The number of aromatic nitrogens is 1. The van der Waals surface area contributed by atoms with E-state index in [9.17, 15) is 0 Å². The van der Waals surface area contributed by atoms with Gasteiger partial charge in [-0.25, -0.2) is 4.98 Å². The Kier molecular flexibility index (Phi) is 9.02. The molecule has 120 valence electrons. The molecule has 1 heterocycles. The maximum absolute atomic E-state index is 4.53. The van der Waals surface area contributed by atoms with Crippen molar-refractivity contribution in [3.63, 3.8) is 0 Å². The molecule has 0 amide bonds.